The van der Waals surface area contributed by atoms with Gasteiger partial charge in [-0.1, -0.05) is 18.2 Å². The number of ether oxygens (including phenoxy) is 1. The number of aliphatic hydroxyl groups excluding tert-OH is 1. The van der Waals surface area contributed by atoms with E-state index < -0.39 is 6.10 Å². The van der Waals surface area contributed by atoms with Crippen LogP contribution in [-0.2, 0) is 11.2 Å². The van der Waals surface area contributed by atoms with E-state index in [1.54, 1.807) is 18.2 Å². The fraction of sp³-hybridized carbons (Fsp3) is 0.500. The van der Waals surface area contributed by atoms with Gasteiger partial charge < -0.3 is 15.6 Å². The van der Waals surface area contributed by atoms with Crippen LogP contribution in [-0.4, -0.2) is 30.5 Å². The van der Waals surface area contributed by atoms with Crippen LogP contribution in [0.3, 0.4) is 0 Å². The second-order valence-electron chi connectivity index (χ2n) is 4.23. The summed E-state index contributed by atoms with van der Waals surface area (Å²) in [5.41, 5.74) is 6.56. The van der Waals surface area contributed by atoms with Crippen LogP contribution in [0, 0.1) is 11.7 Å². The van der Waals surface area contributed by atoms with Gasteiger partial charge in [0.2, 0.25) is 0 Å². The van der Waals surface area contributed by atoms with E-state index in [1.807, 2.05) is 0 Å². The number of halogens is 1. The molecule has 1 aromatic carbocycles. The molecule has 1 aliphatic heterocycles. The topological polar surface area (TPSA) is 55.5 Å². The van der Waals surface area contributed by atoms with Crippen molar-refractivity contribution < 1.29 is 14.2 Å². The normalized spacial score (nSPS) is 26.9. The van der Waals surface area contributed by atoms with Crippen LogP contribution in [0.5, 0.6) is 0 Å². The average Bonchev–Trinajstić information content (AvgIpc) is 2.68. The number of hydrogen-bond acceptors (Lipinski definition) is 3. The summed E-state index contributed by atoms with van der Waals surface area (Å²) in [5.74, 6) is -0.342. The van der Waals surface area contributed by atoms with Gasteiger partial charge in [-0.05, 0) is 18.1 Å². The zero-order valence-electron chi connectivity index (χ0n) is 8.97. The summed E-state index contributed by atoms with van der Waals surface area (Å²) in [6.07, 6.45) is -0.0978. The van der Waals surface area contributed by atoms with Gasteiger partial charge in [0, 0.05) is 12.0 Å². The first-order valence-corrected chi connectivity index (χ1v) is 5.43. The van der Waals surface area contributed by atoms with E-state index in [2.05, 4.69) is 0 Å². The lowest BCUT2D eigenvalue weighted by Gasteiger charge is -2.20. The molecule has 1 aromatic rings. The highest BCUT2D eigenvalue weighted by Crippen LogP contribution is 2.20. The highest BCUT2D eigenvalue weighted by atomic mass is 19.1. The van der Waals surface area contributed by atoms with Crippen LogP contribution in [0.2, 0.25) is 0 Å². The van der Waals surface area contributed by atoms with Crippen molar-refractivity contribution in [3.63, 3.8) is 0 Å². The fourth-order valence-electron chi connectivity index (χ4n) is 2.04. The Labute approximate surface area is 94.0 Å². The molecular weight excluding hydrogens is 209 g/mol. The molecule has 1 heterocycles. The lowest BCUT2D eigenvalue weighted by Crippen LogP contribution is -2.39. The van der Waals surface area contributed by atoms with Crippen molar-refractivity contribution in [3.8, 4) is 0 Å². The number of benzene rings is 1. The lowest BCUT2D eigenvalue weighted by atomic mass is 9.92. The molecule has 3 N–H and O–H groups in total. The van der Waals surface area contributed by atoms with Gasteiger partial charge in [-0.3, -0.25) is 0 Å². The molecule has 0 aliphatic carbocycles. The Morgan fingerprint density at radius 3 is 2.81 bits per heavy atom. The van der Waals surface area contributed by atoms with E-state index in [0.29, 0.717) is 25.2 Å². The first-order valence-electron chi connectivity index (χ1n) is 5.43. The maximum absolute atomic E-state index is 13.4. The second kappa shape index (κ2) is 4.91. The zero-order chi connectivity index (χ0) is 11.5. The molecule has 3 atom stereocenters. The van der Waals surface area contributed by atoms with Crippen LogP contribution < -0.4 is 5.73 Å². The van der Waals surface area contributed by atoms with Gasteiger partial charge in [0.15, 0.2) is 0 Å². The molecule has 0 spiro atoms. The molecule has 1 fully saturated rings. The highest BCUT2D eigenvalue weighted by Gasteiger charge is 2.31. The third kappa shape index (κ3) is 2.40. The van der Waals surface area contributed by atoms with Crippen LogP contribution in [0.4, 0.5) is 4.39 Å². The molecule has 0 saturated carbocycles. The third-order valence-electron chi connectivity index (χ3n) is 3.06. The molecule has 88 valence electrons. The zero-order valence-corrected chi connectivity index (χ0v) is 8.97. The largest absolute Gasteiger partial charge is 0.390 e. The predicted octanol–water partition coefficient (Wildman–Crippen LogP) is 0.703. The number of rotatable bonds is 3. The minimum atomic E-state index is -0.526. The molecule has 2 rings (SSSR count). The van der Waals surface area contributed by atoms with Gasteiger partial charge in [-0.2, -0.15) is 0 Å². The van der Waals surface area contributed by atoms with Crippen LogP contribution in [0.25, 0.3) is 0 Å². The molecule has 1 aliphatic rings. The van der Waals surface area contributed by atoms with E-state index in [0.717, 1.165) is 0 Å². The van der Waals surface area contributed by atoms with Crippen LogP contribution in [0.1, 0.15) is 5.56 Å². The summed E-state index contributed by atoms with van der Waals surface area (Å²) >= 11 is 0. The standard InChI is InChI=1S/C12H16FNO2/c13-10-4-2-1-3-8(10)5-11(14)9-6-16-7-12(9)15/h1-4,9,11-12,15H,5-7,14H2/t9-,11+,12-/m1/s1. The third-order valence-corrected chi connectivity index (χ3v) is 3.06. The summed E-state index contributed by atoms with van der Waals surface area (Å²) in [5, 5.41) is 9.61. The molecule has 0 unspecified atom stereocenters. The van der Waals surface area contributed by atoms with Gasteiger partial charge in [0.05, 0.1) is 19.3 Å². The summed E-state index contributed by atoms with van der Waals surface area (Å²) in [7, 11) is 0. The first-order chi connectivity index (χ1) is 7.68. The van der Waals surface area contributed by atoms with Crippen molar-refractivity contribution in [2.75, 3.05) is 13.2 Å². The minimum absolute atomic E-state index is 0.0976. The molecule has 0 bridgehead atoms. The van der Waals surface area contributed by atoms with Crippen molar-refractivity contribution in [3.05, 3.63) is 35.6 Å². The fourth-order valence-corrected chi connectivity index (χ4v) is 2.04. The predicted molar refractivity (Wildman–Crippen MR) is 58.4 cm³/mol. The Morgan fingerprint density at radius 1 is 1.44 bits per heavy atom. The van der Waals surface area contributed by atoms with Gasteiger partial charge in [0.1, 0.15) is 5.82 Å². The van der Waals surface area contributed by atoms with E-state index in [1.165, 1.54) is 6.07 Å². The molecule has 0 amide bonds. The molecule has 3 nitrogen and oxygen atoms in total. The summed E-state index contributed by atoms with van der Waals surface area (Å²) in [6.45, 7) is 0.784. The van der Waals surface area contributed by atoms with Crippen molar-refractivity contribution in [2.45, 2.75) is 18.6 Å². The van der Waals surface area contributed by atoms with E-state index in [4.69, 9.17) is 10.5 Å². The Hall–Kier alpha value is -0.970. The molecule has 4 heteroatoms. The maximum atomic E-state index is 13.4. The van der Waals surface area contributed by atoms with E-state index in [9.17, 15) is 9.50 Å². The summed E-state index contributed by atoms with van der Waals surface area (Å²) in [6, 6.07) is 6.31. The first kappa shape index (κ1) is 11.5. The Balaban J connectivity index is 2.02. The second-order valence-corrected chi connectivity index (χ2v) is 4.23. The van der Waals surface area contributed by atoms with Crippen molar-refractivity contribution >= 4 is 0 Å². The van der Waals surface area contributed by atoms with Crippen molar-refractivity contribution in [1.29, 1.82) is 0 Å². The maximum Gasteiger partial charge on any atom is 0.126 e. The van der Waals surface area contributed by atoms with E-state index in [-0.39, 0.29) is 17.8 Å². The Morgan fingerprint density at radius 2 is 2.19 bits per heavy atom. The number of hydrogen-bond donors (Lipinski definition) is 2. The average molecular weight is 225 g/mol. The monoisotopic (exact) mass is 225 g/mol. The van der Waals surface area contributed by atoms with Crippen molar-refractivity contribution in [1.82, 2.24) is 0 Å². The van der Waals surface area contributed by atoms with Crippen LogP contribution in [0.15, 0.2) is 24.3 Å². The number of aliphatic hydroxyl groups is 1. The van der Waals surface area contributed by atoms with Gasteiger partial charge in [-0.15, -0.1) is 0 Å². The molecule has 0 radical (unpaired) electrons. The molecule has 1 saturated heterocycles. The van der Waals surface area contributed by atoms with Crippen LogP contribution >= 0.6 is 0 Å². The molecular formula is C12H16FNO2. The molecule has 0 aromatic heterocycles. The quantitative estimate of drug-likeness (QED) is 0.796. The molecule has 16 heavy (non-hydrogen) atoms. The van der Waals surface area contributed by atoms with E-state index >= 15 is 0 Å². The SMILES string of the molecule is N[C@@H](Cc1ccccc1F)[C@H]1COC[C@H]1O. The summed E-state index contributed by atoms with van der Waals surface area (Å²) < 4.78 is 18.5. The van der Waals surface area contributed by atoms with Gasteiger partial charge in [-0.25, -0.2) is 4.39 Å². The number of nitrogens with two attached hydrogens (primary N) is 1. The highest BCUT2D eigenvalue weighted by molar-refractivity contribution is 5.18. The minimum Gasteiger partial charge on any atom is -0.390 e. The lowest BCUT2D eigenvalue weighted by molar-refractivity contribution is 0.114. The summed E-state index contributed by atoms with van der Waals surface area (Å²) in [4.78, 5) is 0. The smallest absolute Gasteiger partial charge is 0.126 e. The Bertz CT molecular complexity index is 359. The Kier molecular flexibility index (Phi) is 3.53. The van der Waals surface area contributed by atoms with Crippen molar-refractivity contribution in [2.24, 2.45) is 11.7 Å². The van der Waals surface area contributed by atoms with Gasteiger partial charge in [0.25, 0.3) is 0 Å². The van der Waals surface area contributed by atoms with Gasteiger partial charge >= 0.3 is 0 Å².